The van der Waals surface area contributed by atoms with Crippen LogP contribution in [-0.4, -0.2) is 50.4 Å². The van der Waals surface area contributed by atoms with E-state index in [9.17, 15) is 13.2 Å². The van der Waals surface area contributed by atoms with Gasteiger partial charge in [0.15, 0.2) is 0 Å². The molecule has 0 aromatic heterocycles. The molecule has 2 rings (SSSR count). The minimum absolute atomic E-state index is 0.144. The lowest BCUT2D eigenvalue weighted by atomic mass is 10.1. The summed E-state index contributed by atoms with van der Waals surface area (Å²) >= 11 is 0. The molecule has 1 unspecified atom stereocenters. The van der Waals surface area contributed by atoms with E-state index in [1.807, 2.05) is 35.2 Å². The molecule has 0 aliphatic carbocycles. The zero-order chi connectivity index (χ0) is 16.0. The van der Waals surface area contributed by atoms with Crippen molar-refractivity contribution in [3.05, 3.63) is 35.9 Å². The first-order chi connectivity index (χ1) is 10.4. The number of carbonyl (C=O) groups excluding carboxylic acids is 1. The molecule has 1 aromatic carbocycles. The van der Waals surface area contributed by atoms with Gasteiger partial charge in [0.25, 0.3) is 0 Å². The van der Waals surface area contributed by atoms with Crippen LogP contribution in [0.1, 0.15) is 24.8 Å². The van der Waals surface area contributed by atoms with E-state index < -0.39 is 9.84 Å². The summed E-state index contributed by atoms with van der Waals surface area (Å²) in [7, 11) is -2.94. The topological polar surface area (TPSA) is 66.5 Å². The highest BCUT2D eigenvalue weighted by atomic mass is 32.2. The minimum Gasteiger partial charge on any atom is -0.338 e. The number of nitrogens with zero attached hydrogens (tertiary/aromatic N) is 1. The van der Waals surface area contributed by atoms with Gasteiger partial charge in [0, 0.05) is 38.4 Å². The van der Waals surface area contributed by atoms with Crippen molar-refractivity contribution in [1.29, 1.82) is 0 Å². The molecule has 22 heavy (non-hydrogen) atoms. The summed E-state index contributed by atoms with van der Waals surface area (Å²) in [6.07, 6.45) is 3.40. The summed E-state index contributed by atoms with van der Waals surface area (Å²) in [5, 5.41) is 3.27. The molecule has 1 aliphatic heterocycles. The third kappa shape index (κ3) is 5.77. The summed E-state index contributed by atoms with van der Waals surface area (Å²) in [5.41, 5.74) is 1.14. The SMILES string of the molecule is CS(=O)(=O)CCNC1CCC(=O)N(Cc2ccccc2)CC1. The second kappa shape index (κ2) is 7.74. The maximum absolute atomic E-state index is 12.2. The van der Waals surface area contributed by atoms with Crippen molar-refractivity contribution in [3.63, 3.8) is 0 Å². The van der Waals surface area contributed by atoms with Gasteiger partial charge in [-0.1, -0.05) is 30.3 Å². The average molecular weight is 324 g/mol. The van der Waals surface area contributed by atoms with E-state index in [-0.39, 0.29) is 17.7 Å². The monoisotopic (exact) mass is 324 g/mol. The van der Waals surface area contributed by atoms with Gasteiger partial charge in [-0.15, -0.1) is 0 Å². The highest BCUT2D eigenvalue weighted by molar-refractivity contribution is 7.90. The van der Waals surface area contributed by atoms with Crippen molar-refractivity contribution in [3.8, 4) is 0 Å². The molecule has 1 aromatic rings. The number of benzene rings is 1. The Bertz CT molecular complexity index is 587. The van der Waals surface area contributed by atoms with Gasteiger partial charge in [-0.25, -0.2) is 8.42 Å². The van der Waals surface area contributed by atoms with Crippen LogP contribution in [0.2, 0.25) is 0 Å². The van der Waals surface area contributed by atoms with E-state index in [1.165, 1.54) is 6.26 Å². The molecule has 1 amide bonds. The van der Waals surface area contributed by atoms with Gasteiger partial charge in [-0.3, -0.25) is 4.79 Å². The van der Waals surface area contributed by atoms with Crippen LogP contribution in [0.5, 0.6) is 0 Å². The first-order valence-electron chi connectivity index (χ1n) is 7.67. The second-order valence-electron chi connectivity index (χ2n) is 5.91. The largest absolute Gasteiger partial charge is 0.338 e. The minimum atomic E-state index is -2.94. The number of rotatable bonds is 6. The van der Waals surface area contributed by atoms with Crippen molar-refractivity contribution in [1.82, 2.24) is 10.2 Å². The predicted octanol–water partition coefficient (Wildman–Crippen LogP) is 1.20. The molecule has 0 bridgehead atoms. The molecule has 6 heteroatoms. The fraction of sp³-hybridized carbons (Fsp3) is 0.562. The summed E-state index contributed by atoms with van der Waals surface area (Å²) in [6, 6.07) is 10.2. The Balaban J connectivity index is 1.83. The van der Waals surface area contributed by atoms with Gasteiger partial charge in [0.1, 0.15) is 9.84 Å². The first-order valence-corrected chi connectivity index (χ1v) is 9.73. The number of hydrogen-bond donors (Lipinski definition) is 1. The molecule has 0 radical (unpaired) electrons. The van der Waals surface area contributed by atoms with Gasteiger partial charge < -0.3 is 10.2 Å². The fourth-order valence-electron chi connectivity index (χ4n) is 2.66. The predicted molar refractivity (Wildman–Crippen MR) is 87.2 cm³/mol. The van der Waals surface area contributed by atoms with Gasteiger partial charge in [-0.2, -0.15) is 0 Å². The molecule has 0 saturated carbocycles. The Hall–Kier alpha value is -1.40. The molecule has 1 aliphatic rings. The molecular weight excluding hydrogens is 300 g/mol. The molecule has 1 saturated heterocycles. The number of likely N-dealkylation sites (tertiary alicyclic amines) is 1. The van der Waals surface area contributed by atoms with Crippen molar-refractivity contribution >= 4 is 15.7 Å². The number of sulfone groups is 1. The lowest BCUT2D eigenvalue weighted by molar-refractivity contribution is -0.131. The summed E-state index contributed by atoms with van der Waals surface area (Å²) in [4.78, 5) is 14.1. The number of carbonyl (C=O) groups is 1. The molecule has 5 nitrogen and oxygen atoms in total. The van der Waals surface area contributed by atoms with E-state index in [4.69, 9.17) is 0 Å². The van der Waals surface area contributed by atoms with Crippen molar-refractivity contribution in [2.24, 2.45) is 0 Å². The zero-order valence-corrected chi connectivity index (χ0v) is 13.8. The van der Waals surface area contributed by atoms with E-state index in [2.05, 4.69) is 5.32 Å². The number of amides is 1. The van der Waals surface area contributed by atoms with Crippen LogP contribution in [0.25, 0.3) is 0 Å². The first kappa shape index (κ1) is 17.0. The maximum Gasteiger partial charge on any atom is 0.222 e. The number of hydrogen-bond acceptors (Lipinski definition) is 4. The van der Waals surface area contributed by atoms with E-state index in [0.717, 1.165) is 18.4 Å². The van der Waals surface area contributed by atoms with E-state index in [0.29, 0.717) is 26.1 Å². The molecule has 0 spiro atoms. The molecule has 1 atom stereocenters. The third-order valence-electron chi connectivity index (χ3n) is 3.93. The number of nitrogens with one attached hydrogen (secondary N) is 1. The molecular formula is C16H24N2O3S. The normalized spacial score (nSPS) is 20.0. The van der Waals surface area contributed by atoms with Crippen LogP contribution < -0.4 is 5.32 Å². The van der Waals surface area contributed by atoms with Crippen LogP contribution in [0.3, 0.4) is 0 Å². The van der Waals surface area contributed by atoms with Gasteiger partial charge in [-0.05, 0) is 18.4 Å². The lowest BCUT2D eigenvalue weighted by Crippen LogP contribution is -2.34. The average Bonchev–Trinajstić information content (AvgIpc) is 2.63. The van der Waals surface area contributed by atoms with Crippen LogP contribution in [0, 0.1) is 0 Å². The van der Waals surface area contributed by atoms with Crippen molar-refractivity contribution in [2.45, 2.75) is 31.8 Å². The maximum atomic E-state index is 12.2. The Morgan fingerprint density at radius 1 is 1.23 bits per heavy atom. The third-order valence-corrected chi connectivity index (χ3v) is 4.87. The van der Waals surface area contributed by atoms with E-state index >= 15 is 0 Å². The van der Waals surface area contributed by atoms with Crippen LogP contribution >= 0.6 is 0 Å². The van der Waals surface area contributed by atoms with Crippen molar-refractivity contribution in [2.75, 3.05) is 25.1 Å². The van der Waals surface area contributed by atoms with Gasteiger partial charge in [0.2, 0.25) is 5.91 Å². The van der Waals surface area contributed by atoms with Crippen LogP contribution in [0.4, 0.5) is 0 Å². The molecule has 1 N–H and O–H groups in total. The fourth-order valence-corrected chi connectivity index (χ4v) is 3.15. The van der Waals surface area contributed by atoms with Crippen molar-refractivity contribution < 1.29 is 13.2 Å². The summed E-state index contributed by atoms with van der Waals surface area (Å²) in [6.45, 7) is 1.82. The lowest BCUT2D eigenvalue weighted by Gasteiger charge is -2.21. The van der Waals surface area contributed by atoms with Gasteiger partial charge in [0.05, 0.1) is 5.75 Å². The molecule has 122 valence electrons. The highest BCUT2D eigenvalue weighted by Gasteiger charge is 2.22. The highest BCUT2D eigenvalue weighted by Crippen LogP contribution is 2.15. The Labute approximate surface area is 132 Å². The quantitative estimate of drug-likeness (QED) is 0.854. The molecule has 1 fully saturated rings. The zero-order valence-electron chi connectivity index (χ0n) is 13.0. The second-order valence-corrected chi connectivity index (χ2v) is 8.17. The van der Waals surface area contributed by atoms with Crippen LogP contribution in [0.15, 0.2) is 30.3 Å². The Kier molecular flexibility index (Phi) is 5.97. The van der Waals surface area contributed by atoms with Crippen LogP contribution in [-0.2, 0) is 21.2 Å². The molecule has 1 heterocycles. The van der Waals surface area contributed by atoms with E-state index in [1.54, 1.807) is 0 Å². The summed E-state index contributed by atoms with van der Waals surface area (Å²) in [5.74, 6) is 0.321. The summed E-state index contributed by atoms with van der Waals surface area (Å²) < 4.78 is 22.3. The van der Waals surface area contributed by atoms with Gasteiger partial charge >= 0.3 is 0 Å². The Morgan fingerprint density at radius 2 is 1.95 bits per heavy atom. The Morgan fingerprint density at radius 3 is 2.64 bits per heavy atom. The smallest absolute Gasteiger partial charge is 0.222 e. The standard InChI is InChI=1S/C16H24N2O3S/c1-22(20,21)12-10-17-15-7-8-16(19)18(11-9-15)13-14-5-3-2-4-6-14/h2-6,15,17H,7-13H2,1H3.